The maximum absolute atomic E-state index is 10.1. The highest BCUT2D eigenvalue weighted by Gasteiger charge is 2.06. The molecule has 0 heterocycles. The van der Waals surface area contributed by atoms with Crippen molar-refractivity contribution in [3.63, 3.8) is 0 Å². The number of phenolic OH excluding ortho intramolecular Hbond substituents is 1. The molecule has 2 rings (SSSR count). The smallest absolute Gasteiger partial charge is 0.206 e. The van der Waals surface area contributed by atoms with Crippen LogP contribution in [0.5, 0.6) is 5.75 Å². The molecular weight excluding hydrogens is 262 g/mol. The van der Waals surface area contributed by atoms with Gasteiger partial charge in [0.25, 0.3) is 0 Å². The fourth-order valence-corrected chi connectivity index (χ4v) is 1.77. The summed E-state index contributed by atoms with van der Waals surface area (Å²) in [5.41, 5.74) is 0.971. The van der Waals surface area contributed by atoms with Crippen molar-refractivity contribution in [1.29, 1.82) is 0 Å². The summed E-state index contributed by atoms with van der Waals surface area (Å²) in [7, 11) is 1.88. The monoisotopic (exact) mass is 279 g/mol. The molecule has 5 heteroatoms. The number of aromatic hydroxyl groups is 1. The van der Waals surface area contributed by atoms with Gasteiger partial charge >= 0.3 is 0 Å². The summed E-state index contributed by atoms with van der Waals surface area (Å²) in [5, 5.41) is 12.1. The Kier molecular flexibility index (Phi) is 5.54. The molecule has 4 nitrogen and oxygen atoms in total. The van der Waals surface area contributed by atoms with Crippen LogP contribution >= 0.6 is 0 Å². The van der Waals surface area contributed by atoms with Crippen LogP contribution in [0.4, 0.5) is 0 Å². The van der Waals surface area contributed by atoms with Crippen LogP contribution in [0, 0.1) is 0 Å². The van der Waals surface area contributed by atoms with Crippen molar-refractivity contribution >= 4 is 26.9 Å². The molecule has 0 saturated heterocycles. The van der Waals surface area contributed by atoms with Gasteiger partial charge in [0.1, 0.15) is 5.75 Å². The minimum Gasteiger partial charge on any atom is -0.507 e. The molecule has 19 heavy (non-hydrogen) atoms. The van der Waals surface area contributed by atoms with Gasteiger partial charge in [-0.2, -0.15) is 8.42 Å². The number of phenols is 1. The van der Waals surface area contributed by atoms with Gasteiger partial charge in [-0.1, -0.05) is 36.4 Å². The first-order valence-corrected chi connectivity index (χ1v) is 6.89. The van der Waals surface area contributed by atoms with E-state index in [2.05, 4.69) is 5.87 Å². The summed E-state index contributed by atoms with van der Waals surface area (Å²) in [6.07, 6.45) is 0. The summed E-state index contributed by atoms with van der Waals surface area (Å²) in [6.45, 7) is 0.761. The number of hydrogen-bond donors (Lipinski definition) is 1. The maximum atomic E-state index is 10.1. The molecule has 0 aliphatic carbocycles. The zero-order valence-electron chi connectivity index (χ0n) is 11.0. The Morgan fingerprint density at radius 1 is 1.16 bits per heavy atom. The van der Waals surface area contributed by atoms with Crippen molar-refractivity contribution in [1.82, 2.24) is 4.90 Å². The molecule has 0 amide bonds. The van der Waals surface area contributed by atoms with Crippen molar-refractivity contribution < 1.29 is 13.5 Å². The number of benzene rings is 2. The third-order valence-corrected chi connectivity index (χ3v) is 2.47. The zero-order chi connectivity index (χ0) is 14.4. The van der Waals surface area contributed by atoms with Crippen LogP contribution < -0.4 is 0 Å². The first kappa shape index (κ1) is 15.2. The molecule has 0 atom stereocenters. The Morgan fingerprint density at radius 2 is 1.74 bits per heavy atom. The van der Waals surface area contributed by atoms with Gasteiger partial charge in [-0.05, 0) is 19.5 Å². The molecule has 1 N–H and O–H groups in total. The van der Waals surface area contributed by atoms with E-state index in [1.165, 1.54) is 0 Å². The van der Waals surface area contributed by atoms with Crippen molar-refractivity contribution in [3.05, 3.63) is 42.0 Å². The van der Waals surface area contributed by atoms with Gasteiger partial charge in [0.05, 0.1) is 0 Å². The lowest BCUT2D eigenvalue weighted by molar-refractivity contribution is 0.387. The van der Waals surface area contributed by atoms with Crippen LogP contribution in [0.15, 0.2) is 36.4 Å². The Bertz CT molecular complexity index is 656. The second-order valence-corrected chi connectivity index (χ2v) is 4.94. The number of fused-ring (bicyclic) bond motifs is 1. The molecule has 0 spiro atoms. The second-order valence-electron chi connectivity index (χ2n) is 4.34. The van der Waals surface area contributed by atoms with Crippen LogP contribution in [0.25, 0.3) is 10.8 Å². The van der Waals surface area contributed by atoms with Gasteiger partial charge in [-0.25, -0.2) is 0 Å². The summed E-state index contributed by atoms with van der Waals surface area (Å²) < 4.78 is 17.8. The molecule has 0 bridgehead atoms. The molecule has 0 aromatic heterocycles. The Balaban J connectivity index is 0.000000399. The Hall–Kier alpha value is -1.85. The Labute approximate surface area is 114 Å². The van der Waals surface area contributed by atoms with Gasteiger partial charge in [0.15, 0.2) is 0 Å². The first-order chi connectivity index (χ1) is 8.91. The fourth-order valence-electron chi connectivity index (χ4n) is 1.77. The average molecular weight is 279 g/mol. The highest BCUT2D eigenvalue weighted by atomic mass is 32.2. The molecule has 0 unspecified atom stereocenters. The Morgan fingerprint density at radius 3 is 2.32 bits per heavy atom. The van der Waals surface area contributed by atoms with Crippen molar-refractivity contribution in [2.45, 2.75) is 6.54 Å². The second kappa shape index (κ2) is 6.92. The largest absolute Gasteiger partial charge is 0.507 e. The molecular formula is C14H17NO3S. The lowest BCUT2D eigenvalue weighted by atomic mass is 10.1. The predicted octanol–water partition coefficient (Wildman–Crippen LogP) is 1.90. The number of hydrogen-bond acceptors (Lipinski definition) is 4. The van der Waals surface area contributed by atoms with E-state index in [9.17, 15) is 5.11 Å². The van der Waals surface area contributed by atoms with Gasteiger partial charge < -0.3 is 10.0 Å². The summed E-state index contributed by atoms with van der Waals surface area (Å²) in [4.78, 5) is 2.05. The lowest BCUT2D eigenvalue weighted by Gasteiger charge is -2.12. The van der Waals surface area contributed by atoms with E-state index in [1.54, 1.807) is 0 Å². The summed E-state index contributed by atoms with van der Waals surface area (Å²) in [5.74, 6) is 2.96. The van der Waals surface area contributed by atoms with Crippen LogP contribution in [0.2, 0.25) is 0 Å². The molecule has 0 aliphatic rings. The minimum absolute atomic E-state index is 0.404. The zero-order valence-corrected chi connectivity index (χ0v) is 11.8. The van der Waals surface area contributed by atoms with E-state index in [1.807, 2.05) is 55.4 Å². The third kappa shape index (κ3) is 4.73. The molecule has 0 aliphatic heterocycles. The van der Waals surface area contributed by atoms with E-state index >= 15 is 0 Å². The van der Waals surface area contributed by atoms with Crippen LogP contribution in [-0.2, 0) is 16.8 Å². The van der Waals surface area contributed by atoms with Gasteiger partial charge in [-0.15, -0.1) is 0 Å². The van der Waals surface area contributed by atoms with Gasteiger partial charge in [0, 0.05) is 23.4 Å². The fraction of sp³-hybridized carbons (Fsp3) is 0.214. The summed E-state index contributed by atoms with van der Waals surface area (Å²) in [6, 6.07) is 11.9. The molecule has 2 aromatic carbocycles. The topological polar surface area (TPSA) is 57.6 Å². The normalized spacial score (nSPS) is 10.1. The minimum atomic E-state index is -2.11. The first-order valence-electron chi connectivity index (χ1n) is 5.65. The average Bonchev–Trinajstić information content (AvgIpc) is 2.32. The third-order valence-electron chi connectivity index (χ3n) is 2.47. The number of nitrogens with zero attached hydrogens (tertiary/aromatic N) is 1. The quantitative estimate of drug-likeness (QED) is 0.853. The van der Waals surface area contributed by atoms with Crippen LogP contribution in [-0.4, -0.2) is 38.4 Å². The van der Waals surface area contributed by atoms with E-state index < -0.39 is 10.3 Å². The van der Waals surface area contributed by atoms with Crippen molar-refractivity contribution in [2.75, 3.05) is 14.1 Å². The molecule has 2 aromatic rings. The van der Waals surface area contributed by atoms with E-state index in [4.69, 9.17) is 8.42 Å². The van der Waals surface area contributed by atoms with Crippen molar-refractivity contribution in [3.8, 4) is 5.75 Å². The standard InChI is InChI=1S/C13H15NO.CH2O2S/c1-14(2)9-11-8-7-10-5-3-4-6-12(10)13(11)15;1-4(2)3/h3-8,15H,9H2,1-2H3;1H2. The number of rotatable bonds is 2. The lowest BCUT2D eigenvalue weighted by Crippen LogP contribution is -2.10. The predicted molar refractivity (Wildman–Crippen MR) is 79.0 cm³/mol. The van der Waals surface area contributed by atoms with E-state index in [0.29, 0.717) is 5.75 Å². The van der Waals surface area contributed by atoms with Crippen molar-refractivity contribution in [2.24, 2.45) is 0 Å². The SMILES string of the molecule is C=S(=O)=O.CN(C)Cc1ccc2ccccc2c1O. The van der Waals surface area contributed by atoms with Crippen LogP contribution in [0.3, 0.4) is 0 Å². The molecule has 0 saturated carbocycles. The van der Waals surface area contributed by atoms with Crippen LogP contribution in [0.1, 0.15) is 5.56 Å². The van der Waals surface area contributed by atoms with E-state index in [0.717, 1.165) is 22.9 Å². The molecule has 102 valence electrons. The molecule has 0 radical (unpaired) electrons. The van der Waals surface area contributed by atoms with E-state index in [-0.39, 0.29) is 0 Å². The maximum Gasteiger partial charge on any atom is 0.206 e. The van der Waals surface area contributed by atoms with Gasteiger partial charge in [-0.3, -0.25) is 0 Å². The van der Waals surface area contributed by atoms with Gasteiger partial charge in [0.2, 0.25) is 10.3 Å². The highest BCUT2D eigenvalue weighted by molar-refractivity contribution is 7.70. The molecule has 0 fully saturated rings. The summed E-state index contributed by atoms with van der Waals surface area (Å²) >= 11 is 0. The highest BCUT2D eigenvalue weighted by Crippen LogP contribution is 2.28.